The van der Waals surface area contributed by atoms with Gasteiger partial charge in [0.25, 0.3) is 5.91 Å². The lowest BCUT2D eigenvalue weighted by molar-refractivity contribution is -0.132. The molecule has 2 amide bonds. The quantitative estimate of drug-likeness (QED) is 0.442. The number of carbonyl (C=O) groups excluding carboxylic acids is 2. The zero-order chi connectivity index (χ0) is 22.9. The molecule has 0 aromatic heterocycles. The summed E-state index contributed by atoms with van der Waals surface area (Å²) in [4.78, 5) is 29.4. The van der Waals surface area contributed by atoms with Crippen LogP contribution in [0.2, 0.25) is 0 Å². The maximum atomic E-state index is 12.9. The summed E-state index contributed by atoms with van der Waals surface area (Å²) in [6.07, 6.45) is 4.02. The first-order valence-electron chi connectivity index (χ1n) is 10.4. The predicted octanol–water partition coefficient (Wildman–Crippen LogP) is 4.25. The molecule has 7 heteroatoms. The van der Waals surface area contributed by atoms with E-state index in [0.717, 1.165) is 16.7 Å². The van der Waals surface area contributed by atoms with Crippen molar-refractivity contribution < 1.29 is 14.7 Å². The number of nitrogens with zero attached hydrogens (tertiary/aromatic N) is 2. The molecule has 1 fully saturated rings. The van der Waals surface area contributed by atoms with Crippen molar-refractivity contribution in [1.82, 2.24) is 9.80 Å². The van der Waals surface area contributed by atoms with Gasteiger partial charge in [0.05, 0.1) is 11.5 Å². The van der Waals surface area contributed by atoms with E-state index in [1.54, 1.807) is 4.90 Å². The second-order valence-electron chi connectivity index (χ2n) is 7.36. The van der Waals surface area contributed by atoms with Gasteiger partial charge in [0, 0.05) is 26.1 Å². The van der Waals surface area contributed by atoms with Crippen LogP contribution in [0.4, 0.5) is 0 Å². The van der Waals surface area contributed by atoms with Crippen LogP contribution in [0.5, 0.6) is 0 Å². The molecule has 3 rings (SSSR count). The number of aliphatic hydroxyl groups is 1. The van der Waals surface area contributed by atoms with Crippen molar-refractivity contribution in [2.24, 2.45) is 0 Å². The van der Waals surface area contributed by atoms with E-state index < -0.39 is 0 Å². The molecule has 5 nitrogen and oxygen atoms in total. The van der Waals surface area contributed by atoms with E-state index in [0.29, 0.717) is 15.8 Å². The van der Waals surface area contributed by atoms with Crippen LogP contribution >= 0.6 is 24.0 Å². The molecule has 1 saturated heterocycles. The van der Waals surface area contributed by atoms with Crippen LogP contribution < -0.4 is 0 Å². The smallest absolute Gasteiger partial charge is 0.266 e. The van der Waals surface area contributed by atoms with Gasteiger partial charge in [-0.25, -0.2) is 0 Å². The number of benzene rings is 2. The Kier molecular flexibility index (Phi) is 8.79. The third-order valence-electron chi connectivity index (χ3n) is 5.02. The predicted molar refractivity (Wildman–Crippen MR) is 134 cm³/mol. The van der Waals surface area contributed by atoms with Crippen molar-refractivity contribution in [3.05, 3.63) is 88.3 Å². The van der Waals surface area contributed by atoms with Crippen LogP contribution in [0, 0.1) is 0 Å². The second-order valence-corrected chi connectivity index (χ2v) is 9.00. The molecule has 32 heavy (non-hydrogen) atoms. The third kappa shape index (κ3) is 6.38. The summed E-state index contributed by atoms with van der Waals surface area (Å²) in [6.45, 7) is 2.66. The monoisotopic (exact) mass is 466 g/mol. The van der Waals surface area contributed by atoms with Crippen molar-refractivity contribution in [1.29, 1.82) is 0 Å². The maximum Gasteiger partial charge on any atom is 0.266 e. The molecule has 0 radical (unpaired) electrons. The Bertz CT molecular complexity index is 1020. The lowest BCUT2D eigenvalue weighted by Gasteiger charge is -2.23. The molecule has 0 bridgehead atoms. The minimum absolute atomic E-state index is 0.116. The van der Waals surface area contributed by atoms with Gasteiger partial charge in [0.2, 0.25) is 5.91 Å². The van der Waals surface area contributed by atoms with E-state index in [9.17, 15) is 14.7 Å². The average Bonchev–Trinajstić information content (AvgIpc) is 3.10. The van der Waals surface area contributed by atoms with Crippen molar-refractivity contribution in [2.45, 2.75) is 19.9 Å². The SMILES string of the molecule is CC(/C=C/c1ccccc1)=C1\SC(=S)N(CCC(=O)N(CCO)Cc2ccccc2)C1=O. The molecule has 1 heterocycles. The Balaban J connectivity index is 1.63. The zero-order valence-corrected chi connectivity index (χ0v) is 19.6. The third-order valence-corrected chi connectivity index (χ3v) is 6.59. The van der Waals surface area contributed by atoms with Crippen molar-refractivity contribution >= 4 is 46.2 Å². The van der Waals surface area contributed by atoms with Crippen molar-refractivity contribution in [3.8, 4) is 0 Å². The molecule has 2 aromatic rings. The Morgan fingerprint density at radius 3 is 2.44 bits per heavy atom. The molecular formula is C25H26N2O3S2. The van der Waals surface area contributed by atoms with Crippen LogP contribution in [0.25, 0.3) is 6.08 Å². The molecule has 1 aliphatic heterocycles. The van der Waals surface area contributed by atoms with Gasteiger partial charge in [-0.2, -0.15) is 0 Å². The highest BCUT2D eigenvalue weighted by Crippen LogP contribution is 2.34. The summed E-state index contributed by atoms with van der Waals surface area (Å²) in [5, 5.41) is 9.36. The fourth-order valence-electron chi connectivity index (χ4n) is 3.28. The number of hydrogen-bond donors (Lipinski definition) is 1. The second kappa shape index (κ2) is 11.8. The Morgan fingerprint density at radius 2 is 1.78 bits per heavy atom. The van der Waals surface area contributed by atoms with Crippen LogP contribution in [0.1, 0.15) is 24.5 Å². The molecule has 0 unspecified atom stereocenters. The number of aliphatic hydroxyl groups excluding tert-OH is 1. The number of thiocarbonyl (C=S) groups is 1. The highest BCUT2D eigenvalue weighted by atomic mass is 32.2. The van der Waals surface area contributed by atoms with Gasteiger partial charge in [-0.3, -0.25) is 14.5 Å². The molecule has 0 atom stereocenters. The molecule has 1 N–H and O–H groups in total. The van der Waals surface area contributed by atoms with Crippen LogP contribution in [-0.2, 0) is 16.1 Å². The van der Waals surface area contributed by atoms with Crippen LogP contribution in [0.15, 0.2) is 77.2 Å². The van der Waals surface area contributed by atoms with Gasteiger partial charge in [-0.15, -0.1) is 0 Å². The number of rotatable bonds is 9. The summed E-state index contributed by atoms with van der Waals surface area (Å²) < 4.78 is 0.460. The minimum atomic E-state index is -0.167. The van der Waals surface area contributed by atoms with Crippen LogP contribution in [-0.4, -0.2) is 50.7 Å². The average molecular weight is 467 g/mol. The van der Waals surface area contributed by atoms with Gasteiger partial charge >= 0.3 is 0 Å². The molecule has 1 aliphatic rings. The number of amides is 2. The molecular weight excluding hydrogens is 440 g/mol. The fraction of sp³-hybridized carbons (Fsp3) is 0.240. The first-order chi connectivity index (χ1) is 15.5. The van der Waals surface area contributed by atoms with E-state index in [1.807, 2.05) is 79.7 Å². The number of carbonyl (C=O) groups is 2. The first kappa shape index (κ1) is 23.9. The highest BCUT2D eigenvalue weighted by Gasteiger charge is 2.33. The summed E-state index contributed by atoms with van der Waals surface area (Å²) >= 11 is 6.68. The van der Waals surface area contributed by atoms with Gasteiger partial charge in [0.15, 0.2) is 0 Å². The Labute approximate surface area is 198 Å². The van der Waals surface area contributed by atoms with E-state index in [-0.39, 0.29) is 37.9 Å². The lowest BCUT2D eigenvalue weighted by Crippen LogP contribution is -2.37. The fourth-order valence-corrected chi connectivity index (χ4v) is 4.59. The van der Waals surface area contributed by atoms with Gasteiger partial charge < -0.3 is 10.0 Å². The molecule has 166 valence electrons. The maximum absolute atomic E-state index is 12.9. The molecule has 0 saturated carbocycles. The minimum Gasteiger partial charge on any atom is -0.395 e. The van der Waals surface area contributed by atoms with Crippen molar-refractivity contribution in [3.63, 3.8) is 0 Å². The number of allylic oxidation sites excluding steroid dienone is 2. The van der Waals surface area contributed by atoms with E-state index in [1.165, 1.54) is 16.7 Å². The lowest BCUT2D eigenvalue weighted by atomic mass is 10.1. The highest BCUT2D eigenvalue weighted by molar-refractivity contribution is 8.26. The normalized spacial score (nSPS) is 15.5. The largest absolute Gasteiger partial charge is 0.395 e. The molecule has 0 spiro atoms. The van der Waals surface area contributed by atoms with E-state index in [4.69, 9.17) is 12.2 Å². The standard InChI is InChI=1S/C25H26N2O3S2/c1-19(12-13-20-8-4-2-5-9-20)23-24(30)27(25(31)32-23)15-14-22(29)26(16-17-28)18-21-10-6-3-7-11-21/h2-13,28H,14-18H2,1H3/b13-12+,23-19+. The Morgan fingerprint density at radius 1 is 1.12 bits per heavy atom. The van der Waals surface area contributed by atoms with E-state index >= 15 is 0 Å². The summed E-state index contributed by atoms with van der Waals surface area (Å²) in [6, 6.07) is 19.5. The first-order valence-corrected chi connectivity index (χ1v) is 11.6. The van der Waals surface area contributed by atoms with Gasteiger partial charge in [-0.05, 0) is 23.6 Å². The molecule has 2 aromatic carbocycles. The topological polar surface area (TPSA) is 60.9 Å². The summed E-state index contributed by atoms with van der Waals surface area (Å²) in [5.74, 6) is -0.290. The van der Waals surface area contributed by atoms with Crippen molar-refractivity contribution in [2.75, 3.05) is 19.7 Å². The van der Waals surface area contributed by atoms with Crippen LogP contribution in [0.3, 0.4) is 0 Å². The number of thioether (sulfide) groups is 1. The summed E-state index contributed by atoms with van der Waals surface area (Å²) in [5.41, 5.74) is 2.88. The number of hydrogen-bond acceptors (Lipinski definition) is 5. The van der Waals surface area contributed by atoms with Gasteiger partial charge in [-0.1, -0.05) is 96.8 Å². The summed E-state index contributed by atoms with van der Waals surface area (Å²) in [7, 11) is 0. The van der Waals surface area contributed by atoms with Gasteiger partial charge in [0.1, 0.15) is 4.32 Å². The molecule has 0 aliphatic carbocycles. The Hall–Kier alpha value is -2.74. The zero-order valence-electron chi connectivity index (χ0n) is 17.9. The van der Waals surface area contributed by atoms with E-state index in [2.05, 4.69) is 0 Å².